The first-order valence-corrected chi connectivity index (χ1v) is 14.2. The van der Waals surface area contributed by atoms with E-state index < -0.39 is 24.1 Å². The van der Waals surface area contributed by atoms with Gasteiger partial charge in [-0.1, -0.05) is 12.1 Å². The van der Waals surface area contributed by atoms with E-state index in [2.05, 4.69) is 25.6 Å². The SMILES string of the molecule is O=C1CN(c2nc(Nc3ccn(C4C[C@H](O)[C@@H](CO)O4)c(=O)n3)c3ncn(Cc4nc5ccccc5s4)c3n2)CCN1. The van der Waals surface area contributed by atoms with E-state index in [1.165, 1.54) is 10.8 Å². The van der Waals surface area contributed by atoms with E-state index >= 15 is 0 Å². The maximum absolute atomic E-state index is 12.9. The molecule has 2 aliphatic heterocycles. The molecule has 3 atom stereocenters. The number of thiazole rings is 1. The van der Waals surface area contributed by atoms with Gasteiger partial charge in [0.1, 0.15) is 23.2 Å². The zero-order chi connectivity index (χ0) is 28.8. The normalized spacial score (nSPS) is 20.9. The van der Waals surface area contributed by atoms with Crippen LogP contribution >= 0.6 is 11.3 Å². The zero-order valence-electron chi connectivity index (χ0n) is 22.1. The number of piperazine rings is 1. The molecule has 0 bridgehead atoms. The van der Waals surface area contributed by atoms with Gasteiger partial charge in [0.05, 0.1) is 42.3 Å². The summed E-state index contributed by atoms with van der Waals surface area (Å²) in [5, 5.41) is 26.2. The Labute approximate surface area is 241 Å². The third-order valence-electron chi connectivity index (χ3n) is 7.19. The number of nitrogens with one attached hydrogen (secondary N) is 2. The Morgan fingerprint density at radius 1 is 1.14 bits per heavy atom. The van der Waals surface area contributed by atoms with E-state index in [1.807, 2.05) is 28.8 Å². The first kappa shape index (κ1) is 26.4. The highest BCUT2D eigenvalue weighted by Crippen LogP contribution is 2.29. The van der Waals surface area contributed by atoms with Crippen LogP contribution in [0, 0.1) is 0 Å². The van der Waals surface area contributed by atoms with Crippen molar-refractivity contribution in [3.63, 3.8) is 0 Å². The molecule has 2 aliphatic rings. The standard InChI is InChI=1S/C26H26N10O5S/c37-12-16-15(38)9-21(41-16)36-7-5-18(31-26(36)40)30-23-22-24(33-25(32-23)34-8-6-27-19(39)10-34)35(13-28-22)11-20-29-14-3-1-2-4-17(14)42-20/h1-5,7,13,15-16,21,37-38H,6,8-12H2,(H,27,39)(H,30,31,32,33,40)/t15-,16+,21?/m0/s1. The molecule has 0 radical (unpaired) electrons. The average Bonchev–Trinajstić information content (AvgIpc) is 3.69. The van der Waals surface area contributed by atoms with Crippen molar-refractivity contribution in [2.45, 2.75) is 31.4 Å². The number of carbonyl (C=O) groups excluding carboxylic acids is 1. The Bertz CT molecular complexity index is 1820. The number of fused-ring (bicyclic) bond motifs is 2. The van der Waals surface area contributed by atoms with Gasteiger partial charge >= 0.3 is 5.69 Å². The van der Waals surface area contributed by atoms with Crippen molar-refractivity contribution in [1.82, 2.24) is 39.4 Å². The predicted octanol–water partition coefficient (Wildman–Crippen LogP) is 0.362. The molecule has 4 aromatic heterocycles. The van der Waals surface area contributed by atoms with Crippen LogP contribution in [0.5, 0.6) is 0 Å². The van der Waals surface area contributed by atoms with E-state index in [0.717, 1.165) is 15.2 Å². The van der Waals surface area contributed by atoms with Crippen LogP contribution in [0.15, 0.2) is 47.7 Å². The fourth-order valence-electron chi connectivity index (χ4n) is 5.09. The molecular formula is C26H26N10O5S. The Kier molecular flexibility index (Phi) is 6.73. The van der Waals surface area contributed by atoms with Crippen molar-refractivity contribution in [1.29, 1.82) is 0 Å². The van der Waals surface area contributed by atoms with Gasteiger partial charge < -0.3 is 35.1 Å². The second-order valence-electron chi connectivity index (χ2n) is 10.0. The molecule has 0 spiro atoms. The number of ether oxygens (including phenoxy) is 1. The lowest BCUT2D eigenvalue weighted by molar-refractivity contribution is -0.120. The summed E-state index contributed by atoms with van der Waals surface area (Å²) >= 11 is 1.59. The smallest absolute Gasteiger partial charge is 0.351 e. The Morgan fingerprint density at radius 2 is 2.02 bits per heavy atom. The van der Waals surface area contributed by atoms with Gasteiger partial charge in [-0.2, -0.15) is 15.0 Å². The lowest BCUT2D eigenvalue weighted by Crippen LogP contribution is -2.48. The lowest BCUT2D eigenvalue weighted by atomic mass is 10.2. The van der Waals surface area contributed by atoms with Gasteiger partial charge in [0, 0.05) is 25.7 Å². The van der Waals surface area contributed by atoms with Gasteiger partial charge in [-0.3, -0.25) is 9.36 Å². The molecule has 1 aromatic carbocycles. The van der Waals surface area contributed by atoms with Crippen LogP contribution in [0.4, 0.5) is 17.6 Å². The number of imidazole rings is 1. The number of hydrogen-bond donors (Lipinski definition) is 4. The maximum Gasteiger partial charge on any atom is 0.351 e. The average molecular weight is 591 g/mol. The van der Waals surface area contributed by atoms with Crippen LogP contribution in [0.25, 0.3) is 21.4 Å². The molecule has 2 saturated heterocycles. The maximum atomic E-state index is 12.9. The number of carbonyl (C=O) groups is 1. The fraction of sp³-hybridized carbons (Fsp3) is 0.346. The van der Waals surface area contributed by atoms with Crippen LogP contribution in [-0.2, 0) is 16.1 Å². The van der Waals surface area contributed by atoms with Gasteiger partial charge in [0.25, 0.3) is 0 Å². The van der Waals surface area contributed by atoms with E-state index in [9.17, 15) is 19.8 Å². The molecule has 1 unspecified atom stereocenters. The van der Waals surface area contributed by atoms with Crippen molar-refractivity contribution in [3.8, 4) is 0 Å². The predicted molar refractivity (Wildman–Crippen MR) is 153 cm³/mol. The third-order valence-corrected chi connectivity index (χ3v) is 8.21. The molecule has 4 N–H and O–H groups in total. The summed E-state index contributed by atoms with van der Waals surface area (Å²) in [6.45, 7) is 1.17. The molecular weight excluding hydrogens is 564 g/mol. The number of aromatic nitrogens is 7. The Hall–Kier alpha value is -4.51. The van der Waals surface area contributed by atoms with Crippen LogP contribution in [0.1, 0.15) is 17.7 Å². The summed E-state index contributed by atoms with van der Waals surface area (Å²) < 4.78 is 9.82. The highest BCUT2D eigenvalue weighted by atomic mass is 32.1. The monoisotopic (exact) mass is 590 g/mol. The lowest BCUT2D eigenvalue weighted by Gasteiger charge is -2.26. The van der Waals surface area contributed by atoms with Crippen LogP contribution in [0.3, 0.4) is 0 Å². The Morgan fingerprint density at radius 3 is 2.81 bits per heavy atom. The van der Waals surface area contributed by atoms with E-state index in [1.54, 1.807) is 28.6 Å². The van der Waals surface area contributed by atoms with Crippen LogP contribution in [0.2, 0.25) is 0 Å². The number of nitrogens with zero attached hydrogens (tertiary/aromatic N) is 8. The number of rotatable bonds is 7. The van der Waals surface area contributed by atoms with Crippen LogP contribution < -0.4 is 21.2 Å². The van der Waals surface area contributed by atoms with Crippen molar-refractivity contribution < 1.29 is 19.7 Å². The molecule has 16 heteroatoms. The van der Waals surface area contributed by atoms with Crippen molar-refractivity contribution in [2.24, 2.45) is 0 Å². The van der Waals surface area contributed by atoms with E-state index in [-0.39, 0.29) is 31.3 Å². The number of aliphatic hydroxyl groups excluding tert-OH is 2. The van der Waals surface area contributed by atoms with E-state index in [0.29, 0.717) is 42.6 Å². The van der Waals surface area contributed by atoms with Crippen LogP contribution in [-0.4, -0.2) is 88.6 Å². The van der Waals surface area contributed by atoms with Gasteiger partial charge in [-0.15, -0.1) is 11.3 Å². The van der Waals surface area contributed by atoms with Crippen molar-refractivity contribution >= 4 is 56.2 Å². The van der Waals surface area contributed by atoms with Gasteiger partial charge in [-0.25, -0.2) is 14.8 Å². The number of amides is 1. The third kappa shape index (κ3) is 4.94. The molecule has 1 amide bonds. The summed E-state index contributed by atoms with van der Waals surface area (Å²) in [4.78, 5) is 49.7. The molecule has 7 rings (SSSR count). The number of anilines is 3. The second kappa shape index (κ2) is 10.7. The number of para-hydroxylation sites is 1. The summed E-state index contributed by atoms with van der Waals surface area (Å²) in [6, 6.07) is 9.51. The largest absolute Gasteiger partial charge is 0.394 e. The van der Waals surface area contributed by atoms with Gasteiger partial charge in [-0.05, 0) is 18.2 Å². The topological polar surface area (TPSA) is 185 Å². The minimum Gasteiger partial charge on any atom is -0.394 e. The Balaban J connectivity index is 1.23. The zero-order valence-corrected chi connectivity index (χ0v) is 22.9. The van der Waals surface area contributed by atoms with E-state index in [4.69, 9.17) is 14.7 Å². The number of benzene rings is 1. The highest BCUT2D eigenvalue weighted by molar-refractivity contribution is 7.18. The summed E-state index contributed by atoms with van der Waals surface area (Å²) in [7, 11) is 0. The number of hydrogen-bond acceptors (Lipinski definition) is 13. The molecule has 216 valence electrons. The first-order valence-electron chi connectivity index (χ1n) is 13.3. The minimum atomic E-state index is -0.882. The van der Waals surface area contributed by atoms with Crippen molar-refractivity contribution in [2.75, 3.05) is 36.5 Å². The second-order valence-corrected chi connectivity index (χ2v) is 11.1. The molecule has 6 heterocycles. The van der Waals surface area contributed by atoms with Gasteiger partial charge in [0.15, 0.2) is 17.0 Å². The molecule has 15 nitrogen and oxygen atoms in total. The number of aliphatic hydroxyl groups is 2. The minimum absolute atomic E-state index is 0.104. The molecule has 2 fully saturated rings. The summed E-state index contributed by atoms with van der Waals surface area (Å²) in [5.41, 5.74) is 1.31. The summed E-state index contributed by atoms with van der Waals surface area (Å²) in [5.74, 6) is 0.746. The molecule has 5 aromatic rings. The molecule has 0 aliphatic carbocycles. The summed E-state index contributed by atoms with van der Waals surface area (Å²) in [6.07, 6.45) is 0.941. The quantitative estimate of drug-likeness (QED) is 0.204. The van der Waals surface area contributed by atoms with Crippen molar-refractivity contribution in [3.05, 3.63) is 58.3 Å². The molecule has 0 saturated carbocycles. The first-order chi connectivity index (χ1) is 20.4. The van der Waals surface area contributed by atoms with Gasteiger partial charge in [0.2, 0.25) is 11.9 Å². The fourth-order valence-corrected chi connectivity index (χ4v) is 6.06. The highest BCUT2D eigenvalue weighted by Gasteiger charge is 2.35. The molecule has 42 heavy (non-hydrogen) atoms.